The van der Waals surface area contributed by atoms with Crippen molar-refractivity contribution >= 4 is 0 Å². The van der Waals surface area contributed by atoms with Gasteiger partial charge in [0.15, 0.2) is 0 Å². The molecule has 0 bridgehead atoms. The summed E-state index contributed by atoms with van der Waals surface area (Å²) < 4.78 is 13.6. The van der Waals surface area contributed by atoms with Gasteiger partial charge in [0.05, 0.1) is 12.6 Å². The molecule has 0 unspecified atom stereocenters. The number of ether oxygens (including phenoxy) is 2. The summed E-state index contributed by atoms with van der Waals surface area (Å²) in [5.74, 6) is 1.52. The summed E-state index contributed by atoms with van der Waals surface area (Å²) in [4.78, 5) is 2.15. The number of hydrogen-bond acceptors (Lipinski definition) is 6. The van der Waals surface area contributed by atoms with E-state index < -0.39 is 11.7 Å². The number of β-amino-alcohol motifs (C(OH)–C–C–N with tert-alkyl or cyclic N) is 1. The third-order valence-corrected chi connectivity index (χ3v) is 5.97. The SMILES string of the molecule is Cc1cc(C)cc(OC[C@@]2(O)CN(Cc3cccc(OCCn4cccn4)c3)CC[C@@H]2O)c1. The van der Waals surface area contributed by atoms with Crippen LogP contribution in [0.4, 0.5) is 0 Å². The second kappa shape index (κ2) is 10.4. The van der Waals surface area contributed by atoms with Gasteiger partial charge < -0.3 is 19.7 Å². The monoisotopic (exact) mass is 451 g/mol. The fourth-order valence-electron chi connectivity index (χ4n) is 4.33. The van der Waals surface area contributed by atoms with Crippen LogP contribution in [0.2, 0.25) is 0 Å². The Kier molecular flexibility index (Phi) is 7.33. The second-order valence-corrected chi connectivity index (χ2v) is 9.00. The first kappa shape index (κ1) is 23.3. The molecule has 1 saturated heterocycles. The molecule has 176 valence electrons. The summed E-state index contributed by atoms with van der Waals surface area (Å²) in [5.41, 5.74) is 1.98. The van der Waals surface area contributed by atoms with Crippen LogP contribution in [0.1, 0.15) is 23.1 Å². The van der Waals surface area contributed by atoms with E-state index in [2.05, 4.69) is 22.1 Å². The molecule has 7 heteroatoms. The number of likely N-dealkylation sites (tertiary alicyclic amines) is 1. The van der Waals surface area contributed by atoms with Crippen LogP contribution in [0.15, 0.2) is 60.9 Å². The molecule has 33 heavy (non-hydrogen) atoms. The van der Waals surface area contributed by atoms with Crippen molar-refractivity contribution in [1.29, 1.82) is 0 Å². The van der Waals surface area contributed by atoms with Crippen molar-refractivity contribution in [3.8, 4) is 11.5 Å². The largest absolute Gasteiger partial charge is 0.492 e. The number of rotatable bonds is 9. The molecule has 2 atom stereocenters. The summed E-state index contributed by atoms with van der Waals surface area (Å²) in [5, 5.41) is 25.9. The van der Waals surface area contributed by atoms with Crippen molar-refractivity contribution in [2.75, 3.05) is 26.3 Å². The second-order valence-electron chi connectivity index (χ2n) is 9.00. The summed E-state index contributed by atoms with van der Waals surface area (Å²) in [6.07, 6.45) is 3.34. The Balaban J connectivity index is 1.33. The molecule has 3 aromatic rings. The van der Waals surface area contributed by atoms with Crippen LogP contribution < -0.4 is 9.47 Å². The third kappa shape index (κ3) is 6.35. The lowest BCUT2D eigenvalue weighted by atomic mass is 9.90. The maximum atomic E-state index is 11.2. The van der Waals surface area contributed by atoms with E-state index in [1.165, 1.54) is 0 Å². The molecule has 4 rings (SSSR count). The van der Waals surface area contributed by atoms with E-state index in [0.29, 0.717) is 45.0 Å². The molecule has 1 aliphatic rings. The molecule has 1 fully saturated rings. The molecule has 0 saturated carbocycles. The number of hydrogen-bond donors (Lipinski definition) is 2. The number of piperidine rings is 1. The molecular formula is C26H33N3O4. The Morgan fingerprint density at radius 3 is 2.64 bits per heavy atom. The molecule has 0 aliphatic carbocycles. The quantitative estimate of drug-likeness (QED) is 0.521. The lowest BCUT2D eigenvalue weighted by molar-refractivity contribution is -0.140. The summed E-state index contributed by atoms with van der Waals surface area (Å²) in [6, 6.07) is 15.9. The van der Waals surface area contributed by atoms with E-state index in [4.69, 9.17) is 9.47 Å². The predicted molar refractivity (Wildman–Crippen MR) is 126 cm³/mol. The van der Waals surface area contributed by atoms with Crippen molar-refractivity contribution < 1.29 is 19.7 Å². The van der Waals surface area contributed by atoms with Gasteiger partial charge in [0.2, 0.25) is 0 Å². The van der Waals surface area contributed by atoms with Crippen LogP contribution >= 0.6 is 0 Å². The highest BCUT2D eigenvalue weighted by Gasteiger charge is 2.42. The lowest BCUT2D eigenvalue weighted by Crippen LogP contribution is -2.59. The Labute approximate surface area is 195 Å². The van der Waals surface area contributed by atoms with Crippen LogP contribution in [-0.2, 0) is 13.1 Å². The van der Waals surface area contributed by atoms with Gasteiger partial charge in [-0.2, -0.15) is 5.10 Å². The standard InChI is InChI=1S/C26H33N3O4/c1-20-13-21(2)15-24(14-20)33-19-26(31)18-28(10-7-25(26)30)17-22-5-3-6-23(16-22)32-12-11-29-9-4-8-27-29/h3-6,8-9,13-16,25,30-31H,7,10-12,17-19H2,1-2H3/t25-,26-/m0/s1. The molecule has 0 radical (unpaired) electrons. The van der Waals surface area contributed by atoms with Gasteiger partial charge in [-0.15, -0.1) is 0 Å². The van der Waals surface area contributed by atoms with Crippen LogP contribution in [0.5, 0.6) is 11.5 Å². The number of benzene rings is 2. The van der Waals surface area contributed by atoms with Crippen molar-refractivity contribution in [2.24, 2.45) is 0 Å². The van der Waals surface area contributed by atoms with E-state index in [-0.39, 0.29) is 6.61 Å². The van der Waals surface area contributed by atoms with E-state index in [9.17, 15) is 10.2 Å². The van der Waals surface area contributed by atoms with E-state index in [1.807, 2.05) is 61.1 Å². The minimum absolute atomic E-state index is 0.0458. The zero-order chi connectivity index (χ0) is 23.3. The van der Waals surface area contributed by atoms with Crippen molar-refractivity contribution in [2.45, 2.75) is 45.1 Å². The fourth-order valence-corrected chi connectivity index (χ4v) is 4.33. The molecule has 0 spiro atoms. The molecule has 0 amide bonds. The van der Waals surface area contributed by atoms with Gasteiger partial charge in [0.25, 0.3) is 0 Å². The topological polar surface area (TPSA) is 80.0 Å². The zero-order valence-corrected chi connectivity index (χ0v) is 19.4. The van der Waals surface area contributed by atoms with Crippen molar-refractivity contribution in [1.82, 2.24) is 14.7 Å². The average molecular weight is 452 g/mol. The van der Waals surface area contributed by atoms with Crippen molar-refractivity contribution in [3.63, 3.8) is 0 Å². The van der Waals surface area contributed by atoms with Gasteiger partial charge in [-0.25, -0.2) is 0 Å². The van der Waals surface area contributed by atoms with E-state index in [1.54, 1.807) is 6.20 Å². The summed E-state index contributed by atoms with van der Waals surface area (Å²) >= 11 is 0. The first-order chi connectivity index (χ1) is 15.9. The van der Waals surface area contributed by atoms with E-state index in [0.717, 1.165) is 22.4 Å². The number of nitrogens with zero attached hydrogens (tertiary/aromatic N) is 3. The first-order valence-corrected chi connectivity index (χ1v) is 11.4. The van der Waals surface area contributed by atoms with Crippen LogP contribution in [-0.4, -0.2) is 62.9 Å². The highest BCUT2D eigenvalue weighted by molar-refractivity contribution is 5.33. The minimum Gasteiger partial charge on any atom is -0.492 e. The van der Waals surface area contributed by atoms with E-state index >= 15 is 0 Å². The lowest BCUT2D eigenvalue weighted by Gasteiger charge is -2.42. The van der Waals surface area contributed by atoms with Gasteiger partial charge in [-0.05, 0) is 67.3 Å². The summed E-state index contributed by atoms with van der Waals surface area (Å²) in [6.45, 7) is 7.01. The van der Waals surface area contributed by atoms with Gasteiger partial charge in [-0.1, -0.05) is 18.2 Å². The highest BCUT2D eigenvalue weighted by Crippen LogP contribution is 2.26. The molecule has 1 aromatic heterocycles. The normalized spacial score (nSPS) is 21.2. The molecule has 7 nitrogen and oxygen atoms in total. The van der Waals surface area contributed by atoms with Crippen LogP contribution in [0.3, 0.4) is 0 Å². The Hall–Kier alpha value is -2.87. The van der Waals surface area contributed by atoms with Gasteiger partial charge >= 0.3 is 0 Å². The Morgan fingerprint density at radius 1 is 1.06 bits per heavy atom. The summed E-state index contributed by atoms with van der Waals surface area (Å²) in [7, 11) is 0. The number of aliphatic hydroxyl groups is 2. The maximum Gasteiger partial charge on any atom is 0.137 e. The van der Waals surface area contributed by atoms with Crippen LogP contribution in [0.25, 0.3) is 0 Å². The van der Waals surface area contributed by atoms with Gasteiger partial charge in [0, 0.05) is 32.0 Å². The number of aliphatic hydroxyl groups excluding tert-OH is 1. The highest BCUT2D eigenvalue weighted by atomic mass is 16.5. The third-order valence-electron chi connectivity index (χ3n) is 5.97. The van der Waals surface area contributed by atoms with Crippen molar-refractivity contribution in [3.05, 3.63) is 77.6 Å². The van der Waals surface area contributed by atoms with Gasteiger partial charge in [-0.3, -0.25) is 9.58 Å². The minimum atomic E-state index is -1.33. The maximum absolute atomic E-state index is 11.2. The first-order valence-electron chi connectivity index (χ1n) is 11.4. The smallest absolute Gasteiger partial charge is 0.137 e. The molecule has 2 heterocycles. The number of aromatic nitrogens is 2. The predicted octanol–water partition coefficient (Wildman–Crippen LogP) is 2.96. The molecule has 2 aromatic carbocycles. The molecule has 2 N–H and O–H groups in total. The fraction of sp³-hybridized carbons (Fsp3) is 0.423. The number of aryl methyl sites for hydroxylation is 2. The Bertz CT molecular complexity index is 1020. The van der Waals surface area contributed by atoms with Crippen LogP contribution in [0, 0.1) is 13.8 Å². The Morgan fingerprint density at radius 2 is 1.88 bits per heavy atom. The molecule has 1 aliphatic heterocycles. The van der Waals surface area contributed by atoms with Gasteiger partial charge in [0.1, 0.15) is 30.3 Å². The average Bonchev–Trinajstić information content (AvgIpc) is 3.28. The zero-order valence-electron chi connectivity index (χ0n) is 19.4. The molecular weight excluding hydrogens is 418 g/mol.